The maximum absolute atomic E-state index is 11.0. The lowest BCUT2D eigenvalue weighted by Crippen LogP contribution is -2.09. The van der Waals surface area contributed by atoms with Crippen LogP contribution in [-0.4, -0.2) is 27.8 Å². The van der Waals surface area contributed by atoms with Gasteiger partial charge in [-0.2, -0.15) is 8.42 Å². The topological polar surface area (TPSA) is 78.9 Å². The highest BCUT2D eigenvalue weighted by atomic mass is 32.2. The Hall–Kier alpha value is -1.76. The molecule has 0 fully saturated rings. The van der Waals surface area contributed by atoms with Crippen LogP contribution >= 0.6 is 0 Å². The fourth-order valence-electron chi connectivity index (χ4n) is 1.13. The predicted octanol–water partition coefficient (Wildman–Crippen LogP) is 0.959. The van der Waals surface area contributed by atoms with Gasteiger partial charge in [-0.3, -0.25) is 4.79 Å². The van der Waals surface area contributed by atoms with Crippen molar-refractivity contribution in [1.82, 2.24) is 0 Å². The van der Waals surface area contributed by atoms with Crippen molar-refractivity contribution in [3.05, 3.63) is 18.2 Å². The Morgan fingerprint density at radius 3 is 2.29 bits per heavy atom. The Bertz CT molecular complexity index is 520. The van der Waals surface area contributed by atoms with Crippen LogP contribution in [0.1, 0.15) is 6.92 Å². The highest BCUT2D eigenvalue weighted by molar-refractivity contribution is 7.86. The molecule has 0 aromatic heterocycles. The molecule has 0 radical (unpaired) electrons. The van der Waals surface area contributed by atoms with Gasteiger partial charge in [0.15, 0.2) is 11.5 Å². The largest absolute Gasteiger partial charge is 0.493 e. The van der Waals surface area contributed by atoms with Crippen molar-refractivity contribution in [1.29, 1.82) is 0 Å². The third-order valence-corrected chi connectivity index (χ3v) is 2.13. The van der Waals surface area contributed by atoms with E-state index in [4.69, 9.17) is 13.7 Å². The van der Waals surface area contributed by atoms with Gasteiger partial charge in [0, 0.05) is 6.92 Å². The standard InChI is InChI=1S/C10H12O6S/c1-7(11)15-10-8(14-2)5-4-6-9(10)16-17(3,12)13/h4-6H,1-3H3. The second-order valence-corrected chi connectivity index (χ2v) is 4.74. The van der Waals surface area contributed by atoms with E-state index in [0.717, 1.165) is 6.26 Å². The van der Waals surface area contributed by atoms with Crippen LogP contribution in [-0.2, 0) is 14.9 Å². The van der Waals surface area contributed by atoms with Crippen LogP contribution in [0.5, 0.6) is 17.2 Å². The number of ether oxygens (including phenoxy) is 2. The van der Waals surface area contributed by atoms with Crippen LogP contribution < -0.4 is 13.7 Å². The summed E-state index contributed by atoms with van der Waals surface area (Å²) in [5.74, 6) is -0.552. The lowest BCUT2D eigenvalue weighted by molar-refractivity contribution is -0.132. The van der Waals surface area contributed by atoms with Crippen molar-refractivity contribution in [3.63, 3.8) is 0 Å². The number of methoxy groups -OCH3 is 1. The first-order chi connectivity index (χ1) is 7.83. The van der Waals surface area contributed by atoms with E-state index >= 15 is 0 Å². The Labute approximate surface area is 99.2 Å². The Morgan fingerprint density at radius 2 is 1.82 bits per heavy atom. The molecule has 0 unspecified atom stereocenters. The van der Waals surface area contributed by atoms with Gasteiger partial charge in [0.05, 0.1) is 13.4 Å². The first kappa shape index (κ1) is 13.3. The van der Waals surface area contributed by atoms with Crippen LogP contribution in [0.3, 0.4) is 0 Å². The molecule has 0 amide bonds. The number of hydrogen-bond donors (Lipinski definition) is 0. The van der Waals surface area contributed by atoms with Crippen LogP contribution in [0.2, 0.25) is 0 Å². The van der Waals surface area contributed by atoms with Gasteiger partial charge in [0.25, 0.3) is 0 Å². The van der Waals surface area contributed by atoms with Gasteiger partial charge in [-0.1, -0.05) is 6.07 Å². The lowest BCUT2D eigenvalue weighted by atomic mass is 10.3. The van der Waals surface area contributed by atoms with E-state index < -0.39 is 16.1 Å². The van der Waals surface area contributed by atoms with E-state index in [1.807, 2.05) is 0 Å². The fourth-order valence-corrected chi connectivity index (χ4v) is 1.59. The molecule has 0 N–H and O–H groups in total. The summed E-state index contributed by atoms with van der Waals surface area (Å²) in [4.78, 5) is 10.9. The molecular weight excluding hydrogens is 248 g/mol. The normalized spacial score (nSPS) is 10.8. The zero-order valence-corrected chi connectivity index (χ0v) is 10.4. The molecule has 0 heterocycles. The molecule has 0 atom stereocenters. The summed E-state index contributed by atoms with van der Waals surface area (Å²) in [6.45, 7) is 1.19. The molecule has 0 aliphatic heterocycles. The SMILES string of the molecule is COc1cccc(OS(C)(=O)=O)c1OC(C)=O. The molecule has 0 bridgehead atoms. The van der Waals surface area contributed by atoms with Crippen molar-refractivity contribution in [2.75, 3.05) is 13.4 Å². The van der Waals surface area contributed by atoms with Gasteiger partial charge in [0.1, 0.15) is 0 Å². The van der Waals surface area contributed by atoms with Crippen molar-refractivity contribution in [3.8, 4) is 17.2 Å². The van der Waals surface area contributed by atoms with Crippen molar-refractivity contribution in [2.45, 2.75) is 6.92 Å². The predicted molar refractivity (Wildman–Crippen MR) is 59.8 cm³/mol. The van der Waals surface area contributed by atoms with Gasteiger partial charge in [-0.05, 0) is 12.1 Å². The second-order valence-electron chi connectivity index (χ2n) is 3.17. The Balaban J connectivity index is 3.23. The summed E-state index contributed by atoms with van der Waals surface area (Å²) >= 11 is 0. The molecular formula is C10H12O6S. The van der Waals surface area contributed by atoms with E-state index in [0.29, 0.717) is 0 Å². The summed E-state index contributed by atoms with van der Waals surface area (Å²) < 4.78 is 36.6. The van der Waals surface area contributed by atoms with E-state index in [-0.39, 0.29) is 17.2 Å². The molecule has 94 valence electrons. The smallest absolute Gasteiger partial charge is 0.308 e. The number of carbonyl (C=O) groups excluding carboxylic acids is 1. The first-order valence-corrected chi connectivity index (χ1v) is 6.40. The van der Waals surface area contributed by atoms with Crippen molar-refractivity contribution < 1.29 is 26.9 Å². The van der Waals surface area contributed by atoms with E-state index in [1.165, 1.54) is 32.2 Å². The molecule has 0 saturated heterocycles. The van der Waals surface area contributed by atoms with Crippen LogP contribution in [0.4, 0.5) is 0 Å². The molecule has 0 spiro atoms. The lowest BCUT2D eigenvalue weighted by Gasteiger charge is -2.12. The summed E-state index contributed by atoms with van der Waals surface area (Å²) in [6.07, 6.45) is 0.893. The number of para-hydroxylation sites is 1. The monoisotopic (exact) mass is 260 g/mol. The molecule has 7 heteroatoms. The van der Waals surface area contributed by atoms with Crippen LogP contribution in [0.25, 0.3) is 0 Å². The molecule has 0 aliphatic carbocycles. The van der Waals surface area contributed by atoms with Crippen molar-refractivity contribution >= 4 is 16.1 Å². The summed E-state index contributed by atoms with van der Waals surface area (Å²) in [5, 5.41) is 0. The third-order valence-electron chi connectivity index (χ3n) is 1.65. The fraction of sp³-hybridized carbons (Fsp3) is 0.300. The van der Waals surface area contributed by atoms with Crippen LogP contribution in [0, 0.1) is 0 Å². The Kier molecular flexibility index (Phi) is 3.95. The van der Waals surface area contributed by atoms with E-state index in [1.54, 1.807) is 0 Å². The quantitative estimate of drug-likeness (QED) is 0.456. The van der Waals surface area contributed by atoms with Gasteiger partial charge in [0.2, 0.25) is 5.75 Å². The van der Waals surface area contributed by atoms with E-state index in [2.05, 4.69) is 0 Å². The number of rotatable bonds is 4. The molecule has 1 aromatic rings. The van der Waals surface area contributed by atoms with Gasteiger partial charge in [-0.15, -0.1) is 0 Å². The number of hydrogen-bond acceptors (Lipinski definition) is 6. The zero-order valence-electron chi connectivity index (χ0n) is 9.59. The summed E-state index contributed by atoms with van der Waals surface area (Å²) in [7, 11) is -2.34. The maximum Gasteiger partial charge on any atom is 0.308 e. The highest BCUT2D eigenvalue weighted by Crippen LogP contribution is 2.37. The zero-order chi connectivity index (χ0) is 13.1. The molecule has 1 rings (SSSR count). The molecule has 1 aromatic carbocycles. The summed E-state index contributed by atoms with van der Waals surface area (Å²) in [5.41, 5.74) is 0. The Morgan fingerprint density at radius 1 is 1.24 bits per heavy atom. The minimum absolute atomic E-state index is 0.0621. The van der Waals surface area contributed by atoms with Gasteiger partial charge in [-0.25, -0.2) is 0 Å². The van der Waals surface area contributed by atoms with Gasteiger partial charge >= 0.3 is 16.1 Å². The minimum Gasteiger partial charge on any atom is -0.493 e. The van der Waals surface area contributed by atoms with Gasteiger partial charge < -0.3 is 13.7 Å². The summed E-state index contributed by atoms with van der Waals surface area (Å²) in [6, 6.07) is 4.40. The molecule has 6 nitrogen and oxygen atoms in total. The minimum atomic E-state index is -3.71. The average Bonchev–Trinajstić information content (AvgIpc) is 2.17. The molecule has 17 heavy (non-hydrogen) atoms. The second kappa shape index (κ2) is 5.05. The maximum atomic E-state index is 11.0. The van der Waals surface area contributed by atoms with E-state index in [9.17, 15) is 13.2 Å². The highest BCUT2D eigenvalue weighted by Gasteiger charge is 2.17. The number of esters is 1. The average molecular weight is 260 g/mol. The number of carbonyl (C=O) groups is 1. The third kappa shape index (κ3) is 3.95. The first-order valence-electron chi connectivity index (χ1n) is 4.58. The molecule has 0 saturated carbocycles. The van der Waals surface area contributed by atoms with Crippen molar-refractivity contribution in [2.24, 2.45) is 0 Å². The number of benzene rings is 1. The van der Waals surface area contributed by atoms with Crippen LogP contribution in [0.15, 0.2) is 18.2 Å². The molecule has 0 aliphatic rings.